The Hall–Kier alpha value is -0.970. The quantitative estimate of drug-likeness (QED) is 0.725. The van der Waals surface area contributed by atoms with E-state index in [-0.39, 0.29) is 11.8 Å². The average Bonchev–Trinajstić information content (AvgIpc) is 2.39. The van der Waals surface area contributed by atoms with Gasteiger partial charge < -0.3 is 5.32 Å². The predicted molar refractivity (Wildman–Crippen MR) is 43.4 cm³/mol. The van der Waals surface area contributed by atoms with Crippen LogP contribution in [0, 0.1) is 5.92 Å². The molecule has 1 aromatic rings. The van der Waals surface area contributed by atoms with Crippen molar-refractivity contribution >= 4 is 22.4 Å². The van der Waals surface area contributed by atoms with Gasteiger partial charge in [-0.05, 0) is 0 Å². The van der Waals surface area contributed by atoms with Crippen molar-refractivity contribution in [3.8, 4) is 0 Å². The molecule has 5 heteroatoms. The molecule has 11 heavy (non-hydrogen) atoms. The van der Waals surface area contributed by atoms with Gasteiger partial charge in [-0.1, -0.05) is 18.3 Å². The van der Waals surface area contributed by atoms with E-state index in [0.29, 0.717) is 5.00 Å². The van der Waals surface area contributed by atoms with Crippen molar-refractivity contribution in [3.63, 3.8) is 0 Å². The van der Waals surface area contributed by atoms with Crippen LogP contribution in [0.4, 0.5) is 5.00 Å². The molecule has 1 heterocycles. The molecule has 1 aromatic heterocycles. The first-order chi connectivity index (χ1) is 5.20. The Morgan fingerprint density at radius 1 is 1.73 bits per heavy atom. The summed E-state index contributed by atoms with van der Waals surface area (Å²) in [5.74, 6) is -0.00634. The van der Waals surface area contributed by atoms with Crippen LogP contribution in [-0.2, 0) is 4.79 Å². The van der Waals surface area contributed by atoms with Crippen LogP contribution in [0.3, 0.4) is 0 Å². The molecule has 0 atom stereocenters. The molecule has 0 radical (unpaired) electrons. The van der Waals surface area contributed by atoms with Crippen LogP contribution in [0.25, 0.3) is 0 Å². The Bertz CT molecular complexity index is 232. The molecule has 0 saturated carbocycles. The zero-order chi connectivity index (χ0) is 8.27. The van der Waals surface area contributed by atoms with Crippen molar-refractivity contribution < 1.29 is 4.79 Å². The van der Waals surface area contributed by atoms with E-state index in [1.165, 1.54) is 17.7 Å². The van der Waals surface area contributed by atoms with Gasteiger partial charge in [0.25, 0.3) is 0 Å². The Morgan fingerprint density at radius 2 is 2.45 bits per heavy atom. The Kier molecular flexibility index (Phi) is 2.53. The minimum atomic E-state index is -0.00366. The van der Waals surface area contributed by atoms with Gasteiger partial charge in [-0.15, -0.1) is 5.10 Å². The highest BCUT2D eigenvalue weighted by Crippen LogP contribution is 2.10. The summed E-state index contributed by atoms with van der Waals surface area (Å²) in [5, 5.41) is 6.96. The molecule has 0 aromatic carbocycles. The Morgan fingerprint density at radius 3 is 2.91 bits per heavy atom. The molecule has 1 rings (SSSR count). The van der Waals surface area contributed by atoms with Crippen molar-refractivity contribution in [2.75, 3.05) is 5.32 Å². The molecular weight excluding hydrogens is 162 g/mol. The first-order valence-electron chi connectivity index (χ1n) is 3.28. The third-order valence-corrected chi connectivity index (χ3v) is 1.71. The first kappa shape index (κ1) is 8.13. The lowest BCUT2D eigenvalue weighted by Gasteiger charge is -2.02. The Labute approximate surface area is 68.8 Å². The number of hydrogen-bond acceptors (Lipinski definition) is 4. The monoisotopic (exact) mass is 171 g/mol. The third-order valence-electron chi connectivity index (χ3n) is 1.13. The second-order valence-electron chi connectivity index (χ2n) is 2.43. The number of rotatable bonds is 2. The van der Waals surface area contributed by atoms with E-state index in [1.54, 1.807) is 0 Å². The van der Waals surface area contributed by atoms with E-state index in [2.05, 4.69) is 14.9 Å². The van der Waals surface area contributed by atoms with E-state index in [0.717, 1.165) is 0 Å². The largest absolute Gasteiger partial charge is 0.315 e. The summed E-state index contributed by atoms with van der Waals surface area (Å²) >= 11 is 1.18. The van der Waals surface area contributed by atoms with Crippen LogP contribution >= 0.6 is 11.5 Å². The highest BCUT2D eigenvalue weighted by molar-refractivity contribution is 7.10. The van der Waals surface area contributed by atoms with Gasteiger partial charge in [0.2, 0.25) is 5.91 Å². The number of amides is 1. The molecule has 0 aliphatic carbocycles. The van der Waals surface area contributed by atoms with Gasteiger partial charge in [-0.2, -0.15) is 0 Å². The number of aromatic nitrogens is 2. The van der Waals surface area contributed by atoms with E-state index < -0.39 is 0 Å². The van der Waals surface area contributed by atoms with Crippen molar-refractivity contribution in [2.24, 2.45) is 5.92 Å². The average molecular weight is 171 g/mol. The summed E-state index contributed by atoms with van der Waals surface area (Å²) in [7, 11) is 0. The molecule has 60 valence electrons. The second-order valence-corrected chi connectivity index (χ2v) is 3.21. The smallest absolute Gasteiger partial charge is 0.227 e. The summed E-state index contributed by atoms with van der Waals surface area (Å²) in [6.07, 6.45) is 1.53. The molecular formula is C6H9N3OS. The number of nitrogens with one attached hydrogen (secondary N) is 1. The van der Waals surface area contributed by atoms with Crippen molar-refractivity contribution in [3.05, 3.63) is 6.20 Å². The van der Waals surface area contributed by atoms with Crippen LogP contribution in [0.15, 0.2) is 6.20 Å². The minimum absolute atomic E-state index is 0.00269. The SMILES string of the molecule is CC(C)C(=O)Nc1cnns1. The summed E-state index contributed by atoms with van der Waals surface area (Å²) in [6, 6.07) is 0. The lowest BCUT2D eigenvalue weighted by Crippen LogP contribution is -2.16. The van der Waals surface area contributed by atoms with Gasteiger partial charge in [-0.3, -0.25) is 4.79 Å². The fraction of sp³-hybridized carbons (Fsp3) is 0.500. The van der Waals surface area contributed by atoms with Crippen LogP contribution < -0.4 is 5.32 Å². The van der Waals surface area contributed by atoms with Gasteiger partial charge in [-0.25, -0.2) is 0 Å². The molecule has 0 fully saturated rings. The normalized spacial score (nSPS) is 10.1. The highest BCUT2D eigenvalue weighted by atomic mass is 32.1. The standard InChI is InChI=1S/C6H9N3OS/c1-4(2)6(10)8-5-3-7-9-11-5/h3-4H,1-2H3,(H,8,10). The van der Waals surface area contributed by atoms with Gasteiger partial charge in [0, 0.05) is 17.5 Å². The summed E-state index contributed by atoms with van der Waals surface area (Å²) < 4.78 is 3.61. The predicted octanol–water partition coefficient (Wildman–Crippen LogP) is 1.13. The molecule has 4 nitrogen and oxygen atoms in total. The molecule has 0 bridgehead atoms. The maximum absolute atomic E-state index is 11.1. The number of nitrogens with zero attached hydrogens (tertiary/aromatic N) is 2. The lowest BCUT2D eigenvalue weighted by molar-refractivity contribution is -0.118. The number of anilines is 1. The van der Waals surface area contributed by atoms with Gasteiger partial charge >= 0.3 is 0 Å². The molecule has 0 saturated heterocycles. The maximum Gasteiger partial charge on any atom is 0.227 e. The molecule has 0 unspecified atom stereocenters. The molecule has 1 N–H and O–H groups in total. The lowest BCUT2D eigenvalue weighted by atomic mass is 10.2. The molecule has 0 aliphatic rings. The summed E-state index contributed by atoms with van der Waals surface area (Å²) in [5.41, 5.74) is 0. The minimum Gasteiger partial charge on any atom is -0.315 e. The van der Waals surface area contributed by atoms with Gasteiger partial charge in [0.05, 0.1) is 6.20 Å². The fourth-order valence-corrected chi connectivity index (χ4v) is 0.911. The fourth-order valence-electron chi connectivity index (χ4n) is 0.488. The highest BCUT2D eigenvalue weighted by Gasteiger charge is 2.07. The topological polar surface area (TPSA) is 54.9 Å². The number of carbonyl (C=O) groups is 1. The van der Waals surface area contributed by atoms with E-state index >= 15 is 0 Å². The number of carbonyl (C=O) groups excluding carboxylic acids is 1. The van der Waals surface area contributed by atoms with Crippen molar-refractivity contribution in [1.29, 1.82) is 0 Å². The van der Waals surface area contributed by atoms with Gasteiger partial charge in [0.1, 0.15) is 5.00 Å². The maximum atomic E-state index is 11.1. The third kappa shape index (κ3) is 2.27. The van der Waals surface area contributed by atoms with Gasteiger partial charge in [0.15, 0.2) is 0 Å². The van der Waals surface area contributed by atoms with Crippen molar-refractivity contribution in [2.45, 2.75) is 13.8 Å². The van der Waals surface area contributed by atoms with Crippen LogP contribution in [0.2, 0.25) is 0 Å². The Balaban J connectivity index is 2.50. The van der Waals surface area contributed by atoms with Crippen LogP contribution in [-0.4, -0.2) is 15.5 Å². The van der Waals surface area contributed by atoms with E-state index in [1.807, 2.05) is 13.8 Å². The summed E-state index contributed by atoms with van der Waals surface area (Å²) in [4.78, 5) is 11.1. The zero-order valence-electron chi connectivity index (χ0n) is 6.37. The number of hydrogen-bond donors (Lipinski definition) is 1. The molecule has 0 aliphatic heterocycles. The molecule has 0 spiro atoms. The van der Waals surface area contributed by atoms with Crippen LogP contribution in [0.5, 0.6) is 0 Å². The second kappa shape index (κ2) is 3.43. The van der Waals surface area contributed by atoms with E-state index in [9.17, 15) is 4.79 Å². The van der Waals surface area contributed by atoms with Crippen LogP contribution in [0.1, 0.15) is 13.8 Å². The first-order valence-corrected chi connectivity index (χ1v) is 4.05. The van der Waals surface area contributed by atoms with Crippen molar-refractivity contribution in [1.82, 2.24) is 9.59 Å². The van der Waals surface area contributed by atoms with E-state index in [4.69, 9.17) is 0 Å². The zero-order valence-corrected chi connectivity index (χ0v) is 7.18. The summed E-state index contributed by atoms with van der Waals surface area (Å²) in [6.45, 7) is 3.67. The molecule has 1 amide bonds.